The Morgan fingerprint density at radius 1 is 1.12 bits per heavy atom. The van der Waals surface area contributed by atoms with Gasteiger partial charge < -0.3 is 24.8 Å². The van der Waals surface area contributed by atoms with Gasteiger partial charge in [-0.2, -0.15) is 0 Å². The zero-order chi connectivity index (χ0) is 28.4. The predicted molar refractivity (Wildman–Crippen MR) is 154 cm³/mol. The number of carbonyl (C=O) groups excluding carboxylic acids is 1. The smallest absolute Gasteiger partial charge is 0.404 e. The van der Waals surface area contributed by atoms with Crippen LogP contribution in [0, 0.1) is 11.7 Å². The first-order valence-electron chi connectivity index (χ1n) is 14.4. The third-order valence-corrected chi connectivity index (χ3v) is 8.90. The monoisotopic (exact) mass is 549 g/mol. The fourth-order valence-corrected chi connectivity index (χ4v) is 6.39. The largest absolute Gasteiger partial charge is 0.465 e. The number of hydrogen-bond acceptors (Lipinski definition) is 4. The van der Waals surface area contributed by atoms with Crippen molar-refractivity contribution in [2.75, 3.05) is 26.7 Å². The number of fused-ring (bicyclic) bond motifs is 1. The summed E-state index contributed by atoms with van der Waals surface area (Å²) < 4.78 is 16.4. The van der Waals surface area contributed by atoms with Gasteiger partial charge in [-0.15, -0.1) is 0 Å². The van der Waals surface area contributed by atoms with Crippen molar-refractivity contribution in [3.05, 3.63) is 59.8 Å². The van der Waals surface area contributed by atoms with E-state index in [1.54, 1.807) is 18.0 Å². The Morgan fingerprint density at radius 2 is 1.85 bits per heavy atom. The number of hydrogen-bond donors (Lipinski definition) is 2. The molecule has 2 N–H and O–H groups in total. The molecule has 3 aromatic rings. The highest BCUT2D eigenvalue weighted by molar-refractivity contribution is 5.99. The van der Waals surface area contributed by atoms with Crippen LogP contribution in [0.3, 0.4) is 0 Å². The third-order valence-electron chi connectivity index (χ3n) is 8.90. The Morgan fingerprint density at radius 3 is 2.52 bits per heavy atom. The fraction of sp³-hybridized carbons (Fsp3) is 0.516. The molecule has 0 radical (unpaired) electrons. The van der Waals surface area contributed by atoms with E-state index in [9.17, 15) is 14.0 Å². The van der Waals surface area contributed by atoms with Crippen LogP contribution in [0.2, 0.25) is 0 Å². The van der Waals surface area contributed by atoms with Crippen molar-refractivity contribution >= 4 is 22.9 Å². The lowest BCUT2D eigenvalue weighted by molar-refractivity contribution is 0.0754. The predicted octanol–water partition coefficient (Wildman–Crippen LogP) is 5.65. The van der Waals surface area contributed by atoms with Gasteiger partial charge >= 0.3 is 6.09 Å². The molecule has 1 aliphatic heterocycles. The molecule has 0 unspecified atom stereocenters. The Kier molecular flexibility index (Phi) is 8.40. The molecule has 1 saturated carbocycles. The molecule has 3 heterocycles. The van der Waals surface area contributed by atoms with E-state index in [4.69, 9.17) is 5.11 Å². The highest BCUT2D eigenvalue weighted by Gasteiger charge is 2.29. The van der Waals surface area contributed by atoms with Crippen LogP contribution >= 0.6 is 0 Å². The summed E-state index contributed by atoms with van der Waals surface area (Å²) in [7, 11) is 1.74. The van der Waals surface area contributed by atoms with E-state index in [1.807, 2.05) is 36.9 Å². The summed E-state index contributed by atoms with van der Waals surface area (Å²) in [6, 6.07) is 6.56. The number of carboxylic acid groups (broad SMARTS) is 1. The number of nitrogens with one attached hydrogen (secondary N) is 1. The molecule has 2 aliphatic rings. The number of piperidine rings is 1. The van der Waals surface area contributed by atoms with Crippen molar-refractivity contribution in [1.29, 1.82) is 0 Å². The third kappa shape index (κ3) is 5.99. The van der Waals surface area contributed by atoms with Gasteiger partial charge in [-0.3, -0.25) is 9.78 Å². The second kappa shape index (κ2) is 12.0. The number of amides is 2. The SMILES string of the molecule is CC(C)N(C)C(=O)c1cc(F)ccc1-n1cc(C2CCN(C[C@H]3CC[C@H](NC(=O)O)CC3)CC2)c2ccncc21. The lowest BCUT2D eigenvalue weighted by Gasteiger charge is -2.36. The second-order valence-electron chi connectivity index (χ2n) is 11.8. The van der Waals surface area contributed by atoms with Gasteiger partial charge in [0.1, 0.15) is 5.82 Å². The molecule has 214 valence electrons. The molecule has 0 atom stereocenters. The van der Waals surface area contributed by atoms with Gasteiger partial charge in [0.05, 0.1) is 23.0 Å². The van der Waals surface area contributed by atoms with Gasteiger partial charge in [0.15, 0.2) is 0 Å². The normalized spacial score (nSPS) is 20.6. The van der Waals surface area contributed by atoms with Gasteiger partial charge in [-0.1, -0.05) is 0 Å². The molecule has 0 spiro atoms. The number of aromatic nitrogens is 2. The summed E-state index contributed by atoms with van der Waals surface area (Å²) in [5.41, 5.74) is 3.16. The minimum absolute atomic E-state index is 0.0103. The van der Waals surface area contributed by atoms with Crippen LogP contribution in [0.1, 0.15) is 74.2 Å². The van der Waals surface area contributed by atoms with Crippen LogP contribution in [0.25, 0.3) is 16.6 Å². The lowest BCUT2D eigenvalue weighted by Crippen LogP contribution is -2.41. The molecule has 1 aromatic carbocycles. The maximum Gasteiger partial charge on any atom is 0.404 e. The number of benzene rings is 1. The second-order valence-corrected chi connectivity index (χ2v) is 11.8. The van der Waals surface area contributed by atoms with Crippen molar-refractivity contribution in [1.82, 2.24) is 24.7 Å². The van der Waals surface area contributed by atoms with Crippen LogP contribution in [0.4, 0.5) is 9.18 Å². The van der Waals surface area contributed by atoms with Crippen LogP contribution in [-0.2, 0) is 0 Å². The maximum atomic E-state index is 14.3. The van der Waals surface area contributed by atoms with Gasteiger partial charge in [0.2, 0.25) is 0 Å². The molecule has 2 amide bonds. The van der Waals surface area contributed by atoms with Gasteiger partial charge in [-0.05, 0) is 107 Å². The minimum Gasteiger partial charge on any atom is -0.465 e. The summed E-state index contributed by atoms with van der Waals surface area (Å²) in [6.45, 7) is 7.00. The molecule has 40 heavy (non-hydrogen) atoms. The van der Waals surface area contributed by atoms with Crippen molar-refractivity contribution < 1.29 is 19.1 Å². The zero-order valence-corrected chi connectivity index (χ0v) is 23.6. The average molecular weight is 550 g/mol. The van der Waals surface area contributed by atoms with Crippen molar-refractivity contribution in [3.8, 4) is 5.69 Å². The molecule has 1 aliphatic carbocycles. The molecule has 9 heteroatoms. The quantitative estimate of drug-likeness (QED) is 0.398. The molecular formula is C31H40FN5O3. The van der Waals surface area contributed by atoms with Gasteiger partial charge in [0.25, 0.3) is 5.91 Å². The first kappa shape index (κ1) is 28.1. The molecular weight excluding hydrogens is 509 g/mol. The minimum atomic E-state index is -0.923. The number of rotatable bonds is 7. The molecule has 2 aromatic heterocycles. The van der Waals surface area contributed by atoms with Crippen molar-refractivity contribution in [2.24, 2.45) is 5.92 Å². The van der Waals surface area contributed by atoms with E-state index in [2.05, 4.69) is 21.4 Å². The molecule has 0 bridgehead atoms. The molecule has 5 rings (SSSR count). The van der Waals surface area contributed by atoms with E-state index in [1.165, 1.54) is 17.7 Å². The Bertz CT molecular complexity index is 1360. The highest BCUT2D eigenvalue weighted by atomic mass is 19.1. The number of carbonyl (C=O) groups is 2. The van der Waals surface area contributed by atoms with Crippen LogP contribution < -0.4 is 5.32 Å². The standard InChI is InChI=1S/C31H40FN5O3/c1-20(2)35(3)30(38)26-16-23(32)6-9-28(26)37-19-27(25-10-13-33-17-29(25)37)22-11-14-36(15-12-22)18-21-4-7-24(8-5-21)34-31(39)40/h6,9-10,13,16-17,19-22,24,34H,4-5,7-8,11-12,14-15,18H2,1-3H3,(H,39,40)/t21-,24-. The first-order chi connectivity index (χ1) is 19.2. The molecule has 2 fully saturated rings. The topological polar surface area (TPSA) is 90.7 Å². The van der Waals surface area contributed by atoms with Crippen LogP contribution in [0.15, 0.2) is 42.9 Å². The van der Waals surface area contributed by atoms with E-state index in [-0.39, 0.29) is 18.0 Å². The van der Waals surface area contributed by atoms with Crippen LogP contribution in [0.5, 0.6) is 0 Å². The lowest BCUT2D eigenvalue weighted by atomic mass is 9.84. The zero-order valence-electron chi connectivity index (χ0n) is 23.6. The summed E-state index contributed by atoms with van der Waals surface area (Å²) >= 11 is 0. The van der Waals surface area contributed by atoms with Crippen LogP contribution in [-0.4, -0.2) is 75.2 Å². The number of likely N-dealkylation sites (tertiary alicyclic amines) is 1. The Hall–Kier alpha value is -3.46. The Labute approximate surface area is 235 Å². The summed E-state index contributed by atoms with van der Waals surface area (Å²) in [4.78, 5) is 32.8. The number of pyridine rings is 1. The first-order valence-corrected chi connectivity index (χ1v) is 14.4. The highest BCUT2D eigenvalue weighted by Crippen LogP contribution is 2.37. The number of nitrogens with zero attached hydrogens (tertiary/aromatic N) is 4. The fourth-order valence-electron chi connectivity index (χ4n) is 6.39. The van der Waals surface area contributed by atoms with Crippen molar-refractivity contribution in [2.45, 2.75) is 70.4 Å². The summed E-state index contributed by atoms with van der Waals surface area (Å²) in [5, 5.41) is 12.7. The van der Waals surface area contributed by atoms with E-state index in [0.29, 0.717) is 23.1 Å². The maximum absolute atomic E-state index is 14.3. The molecule has 8 nitrogen and oxygen atoms in total. The number of halogens is 1. The van der Waals surface area contributed by atoms with E-state index < -0.39 is 11.9 Å². The summed E-state index contributed by atoms with van der Waals surface area (Å²) in [5.74, 6) is 0.363. The van der Waals surface area contributed by atoms with Gasteiger partial charge in [0, 0.05) is 43.5 Å². The van der Waals surface area contributed by atoms with Crippen molar-refractivity contribution in [3.63, 3.8) is 0 Å². The molecule has 1 saturated heterocycles. The summed E-state index contributed by atoms with van der Waals surface area (Å²) in [6.07, 6.45) is 10.9. The average Bonchev–Trinajstić information content (AvgIpc) is 3.33. The van der Waals surface area contributed by atoms with Gasteiger partial charge in [-0.25, -0.2) is 9.18 Å². The van der Waals surface area contributed by atoms with E-state index in [0.717, 1.165) is 69.1 Å². The Balaban J connectivity index is 1.33. The van der Waals surface area contributed by atoms with E-state index >= 15 is 0 Å².